The minimum Gasteiger partial charge on any atom is -0.481 e. The van der Waals surface area contributed by atoms with E-state index in [1.165, 1.54) is 0 Å². The van der Waals surface area contributed by atoms with Crippen LogP contribution in [0.2, 0.25) is 0 Å². The number of piperidine rings is 1. The van der Waals surface area contributed by atoms with E-state index < -0.39 is 5.97 Å². The molecule has 1 N–H and O–H groups in total. The highest BCUT2D eigenvalue weighted by molar-refractivity contribution is 9.10. The van der Waals surface area contributed by atoms with Crippen LogP contribution in [0.3, 0.4) is 0 Å². The van der Waals surface area contributed by atoms with Gasteiger partial charge in [-0.25, -0.2) is 0 Å². The van der Waals surface area contributed by atoms with Gasteiger partial charge in [-0.3, -0.25) is 14.5 Å². The van der Waals surface area contributed by atoms with Crippen molar-refractivity contribution in [3.05, 3.63) is 28.7 Å². The maximum Gasteiger partial charge on any atom is 0.303 e. The number of carbonyl (C=O) groups excluding carboxylic acids is 1. The molecule has 2 aliphatic heterocycles. The van der Waals surface area contributed by atoms with E-state index in [4.69, 9.17) is 5.11 Å². The second-order valence-electron chi connectivity index (χ2n) is 6.71. The third-order valence-electron chi connectivity index (χ3n) is 5.05. The highest BCUT2D eigenvalue weighted by Gasteiger charge is 2.38. The molecule has 2 unspecified atom stereocenters. The first-order valence-electron chi connectivity index (χ1n) is 8.57. The zero-order valence-electron chi connectivity index (χ0n) is 13.7. The lowest BCUT2D eigenvalue weighted by Crippen LogP contribution is -2.46. The van der Waals surface area contributed by atoms with E-state index in [2.05, 4.69) is 20.8 Å². The molecule has 3 rings (SSSR count). The minimum absolute atomic E-state index is 0.0587. The number of nitrogens with zero attached hydrogens (tertiary/aromatic N) is 2. The summed E-state index contributed by atoms with van der Waals surface area (Å²) in [6.45, 7) is 2.53. The molecule has 5 nitrogen and oxygen atoms in total. The predicted octanol–water partition coefficient (Wildman–Crippen LogP) is 3.13. The van der Waals surface area contributed by atoms with Crippen LogP contribution in [0, 0.1) is 5.92 Å². The molecule has 2 saturated heterocycles. The molecule has 6 heteroatoms. The number of benzene rings is 1. The van der Waals surface area contributed by atoms with Crippen LogP contribution in [0.4, 0.5) is 5.69 Å². The van der Waals surface area contributed by atoms with E-state index in [9.17, 15) is 9.59 Å². The average Bonchev–Trinajstić information content (AvgIpc) is 2.95. The van der Waals surface area contributed by atoms with Gasteiger partial charge in [-0.05, 0) is 56.3 Å². The monoisotopic (exact) mass is 394 g/mol. The molecule has 0 spiro atoms. The van der Waals surface area contributed by atoms with Gasteiger partial charge in [-0.2, -0.15) is 0 Å². The number of rotatable bonds is 5. The fourth-order valence-corrected chi connectivity index (χ4v) is 4.23. The van der Waals surface area contributed by atoms with E-state index in [-0.39, 0.29) is 18.4 Å². The van der Waals surface area contributed by atoms with Gasteiger partial charge in [0, 0.05) is 29.7 Å². The Morgan fingerprint density at radius 2 is 2.12 bits per heavy atom. The van der Waals surface area contributed by atoms with Crippen molar-refractivity contribution < 1.29 is 14.7 Å². The van der Waals surface area contributed by atoms with Crippen LogP contribution in [0.15, 0.2) is 28.7 Å². The van der Waals surface area contributed by atoms with Crippen LogP contribution in [0.5, 0.6) is 0 Å². The van der Waals surface area contributed by atoms with Gasteiger partial charge >= 0.3 is 5.97 Å². The van der Waals surface area contributed by atoms with E-state index >= 15 is 0 Å². The molecule has 2 aliphatic rings. The molecule has 1 amide bonds. The Morgan fingerprint density at radius 3 is 2.88 bits per heavy atom. The van der Waals surface area contributed by atoms with Gasteiger partial charge in [0.25, 0.3) is 0 Å². The molecule has 0 aromatic heterocycles. The second kappa shape index (κ2) is 7.66. The maximum absolute atomic E-state index is 12.9. The third-order valence-corrected chi connectivity index (χ3v) is 5.55. The van der Waals surface area contributed by atoms with Crippen LogP contribution < -0.4 is 4.90 Å². The Balaban J connectivity index is 1.63. The molecule has 0 bridgehead atoms. The molecule has 130 valence electrons. The van der Waals surface area contributed by atoms with E-state index in [1.807, 2.05) is 29.2 Å². The number of amides is 1. The molecule has 2 fully saturated rings. The van der Waals surface area contributed by atoms with Gasteiger partial charge in [0.2, 0.25) is 5.91 Å². The number of carbonyl (C=O) groups is 2. The zero-order chi connectivity index (χ0) is 17.1. The Morgan fingerprint density at radius 1 is 1.29 bits per heavy atom. The fraction of sp³-hybridized carbons (Fsp3) is 0.556. The number of likely N-dealkylation sites (tertiary alicyclic amines) is 1. The smallest absolute Gasteiger partial charge is 0.303 e. The summed E-state index contributed by atoms with van der Waals surface area (Å²) in [6, 6.07) is 7.79. The van der Waals surface area contributed by atoms with Gasteiger partial charge in [-0.1, -0.05) is 22.0 Å². The molecule has 0 saturated carbocycles. The lowest BCUT2D eigenvalue weighted by molar-refractivity contribution is -0.137. The predicted molar refractivity (Wildman–Crippen MR) is 96.1 cm³/mol. The van der Waals surface area contributed by atoms with Crippen LogP contribution in [0.1, 0.15) is 32.1 Å². The Hall–Kier alpha value is -1.40. The number of aliphatic carboxylic acids is 1. The van der Waals surface area contributed by atoms with Crippen LogP contribution in [0.25, 0.3) is 0 Å². The molecule has 2 heterocycles. The van der Waals surface area contributed by atoms with E-state index in [0.717, 1.165) is 49.1 Å². The van der Waals surface area contributed by atoms with Crippen molar-refractivity contribution in [2.75, 3.05) is 24.5 Å². The highest BCUT2D eigenvalue weighted by Crippen LogP contribution is 2.30. The minimum atomic E-state index is -0.732. The number of hydrogen-bond acceptors (Lipinski definition) is 3. The fourth-order valence-electron chi connectivity index (χ4n) is 3.85. The molecule has 0 radical (unpaired) electrons. The summed E-state index contributed by atoms with van der Waals surface area (Å²) in [7, 11) is 0. The highest BCUT2D eigenvalue weighted by atomic mass is 79.9. The second-order valence-corrected chi connectivity index (χ2v) is 7.63. The van der Waals surface area contributed by atoms with Gasteiger partial charge in [0.05, 0.1) is 6.04 Å². The first-order valence-corrected chi connectivity index (χ1v) is 9.36. The number of hydrogen-bond donors (Lipinski definition) is 1. The van der Waals surface area contributed by atoms with Crippen LogP contribution in [-0.2, 0) is 9.59 Å². The summed E-state index contributed by atoms with van der Waals surface area (Å²) >= 11 is 3.46. The maximum atomic E-state index is 12.9. The summed E-state index contributed by atoms with van der Waals surface area (Å²) in [5, 5.41) is 8.87. The number of carboxylic acid groups (broad SMARTS) is 1. The summed E-state index contributed by atoms with van der Waals surface area (Å²) < 4.78 is 0.975. The van der Waals surface area contributed by atoms with Gasteiger partial charge in [0.15, 0.2) is 0 Å². The number of carboxylic acids is 1. The number of halogens is 1. The molecule has 1 aromatic rings. The Bertz CT molecular complexity index is 622. The lowest BCUT2D eigenvalue weighted by atomic mass is 9.92. The molecular formula is C18H23BrN2O3. The van der Waals surface area contributed by atoms with Gasteiger partial charge in [-0.15, -0.1) is 0 Å². The van der Waals surface area contributed by atoms with E-state index in [1.54, 1.807) is 0 Å². The Kier molecular flexibility index (Phi) is 5.56. The van der Waals surface area contributed by atoms with Crippen molar-refractivity contribution in [2.45, 2.75) is 38.1 Å². The molecule has 2 atom stereocenters. The lowest BCUT2D eigenvalue weighted by Gasteiger charge is -2.35. The van der Waals surface area contributed by atoms with Crippen molar-refractivity contribution in [1.82, 2.24) is 4.90 Å². The van der Waals surface area contributed by atoms with Gasteiger partial charge in [0.1, 0.15) is 0 Å². The van der Waals surface area contributed by atoms with Gasteiger partial charge < -0.3 is 10.0 Å². The van der Waals surface area contributed by atoms with Crippen LogP contribution >= 0.6 is 15.9 Å². The largest absolute Gasteiger partial charge is 0.481 e. The summed E-state index contributed by atoms with van der Waals surface area (Å²) in [5.74, 6) is -0.167. The topological polar surface area (TPSA) is 60.9 Å². The normalized spacial score (nSPS) is 25.2. The summed E-state index contributed by atoms with van der Waals surface area (Å²) in [4.78, 5) is 27.8. The standard InChI is InChI=1S/C18H23BrN2O3/c19-14-4-1-5-15(11-14)21-10-8-16(18(21)24)20-9-2-3-13(12-20)6-7-17(22)23/h1,4-5,11,13,16H,2-3,6-10,12H2,(H,22,23). The SMILES string of the molecule is O=C(O)CCC1CCCN(C2CCN(c3cccc(Br)c3)C2=O)C1. The quantitative estimate of drug-likeness (QED) is 0.832. The Labute approximate surface area is 150 Å². The molecule has 0 aliphatic carbocycles. The van der Waals surface area contributed by atoms with Crippen molar-refractivity contribution >= 4 is 33.5 Å². The molecule has 24 heavy (non-hydrogen) atoms. The summed E-state index contributed by atoms with van der Waals surface area (Å²) in [6.07, 6.45) is 3.89. The molecule has 1 aromatic carbocycles. The van der Waals surface area contributed by atoms with Crippen molar-refractivity contribution in [1.29, 1.82) is 0 Å². The average molecular weight is 395 g/mol. The number of anilines is 1. The molecular weight excluding hydrogens is 372 g/mol. The van der Waals surface area contributed by atoms with Crippen molar-refractivity contribution in [3.8, 4) is 0 Å². The van der Waals surface area contributed by atoms with Crippen molar-refractivity contribution in [3.63, 3.8) is 0 Å². The van der Waals surface area contributed by atoms with E-state index in [0.29, 0.717) is 12.3 Å². The van der Waals surface area contributed by atoms with Crippen LogP contribution in [-0.4, -0.2) is 47.6 Å². The first kappa shape index (κ1) is 17.4. The summed E-state index contributed by atoms with van der Waals surface area (Å²) in [5.41, 5.74) is 0.941. The third kappa shape index (κ3) is 3.98. The zero-order valence-corrected chi connectivity index (χ0v) is 15.2. The van der Waals surface area contributed by atoms with Crippen molar-refractivity contribution in [2.24, 2.45) is 5.92 Å². The first-order chi connectivity index (χ1) is 11.5.